The van der Waals surface area contributed by atoms with Crippen LogP contribution in [-0.4, -0.2) is 30.6 Å². The van der Waals surface area contributed by atoms with Gasteiger partial charge in [-0.05, 0) is 43.4 Å². The molecule has 1 heterocycles. The van der Waals surface area contributed by atoms with Gasteiger partial charge in [0.05, 0.1) is 12.1 Å². The van der Waals surface area contributed by atoms with Crippen molar-refractivity contribution < 1.29 is 13.5 Å². The molecule has 1 fully saturated rings. The molecule has 1 aromatic rings. The number of nitrogens with two attached hydrogens (primary N) is 1. The Kier molecular flexibility index (Phi) is 3.47. The number of guanidine groups is 1. The molecule has 1 saturated carbocycles. The van der Waals surface area contributed by atoms with E-state index in [1.165, 1.54) is 18.9 Å². The fourth-order valence-corrected chi connectivity index (χ4v) is 2.77. The van der Waals surface area contributed by atoms with Crippen LogP contribution in [0, 0.1) is 5.92 Å². The normalized spacial score (nSPS) is 25.3. The highest BCUT2D eigenvalue weighted by atomic mass is 19.3. The Bertz CT molecular complexity index is 560. The lowest BCUT2D eigenvalue weighted by Crippen LogP contribution is -2.48. The Hall–Kier alpha value is -1.85. The predicted octanol–water partition coefficient (Wildman–Crippen LogP) is 2.54. The minimum atomic E-state index is -2.82. The molecule has 21 heavy (non-hydrogen) atoms. The first kappa shape index (κ1) is 14.1. The van der Waals surface area contributed by atoms with E-state index in [1.807, 2.05) is 13.0 Å². The molecule has 2 aliphatic rings. The topological polar surface area (TPSA) is 50.9 Å². The van der Waals surface area contributed by atoms with Gasteiger partial charge < -0.3 is 15.4 Å². The Morgan fingerprint density at radius 2 is 2.24 bits per heavy atom. The summed E-state index contributed by atoms with van der Waals surface area (Å²) in [4.78, 5) is 6.44. The van der Waals surface area contributed by atoms with Crippen molar-refractivity contribution in [1.29, 1.82) is 0 Å². The molecule has 1 aliphatic carbocycles. The maximum atomic E-state index is 12.4. The molecule has 0 saturated heterocycles. The molecular weight excluding hydrogens is 276 g/mol. The average Bonchev–Trinajstić information content (AvgIpc) is 3.20. The third kappa shape index (κ3) is 2.80. The lowest BCUT2D eigenvalue weighted by atomic mass is 9.90. The lowest BCUT2D eigenvalue weighted by Gasteiger charge is -2.37. The van der Waals surface area contributed by atoms with Gasteiger partial charge in [0, 0.05) is 6.54 Å². The molecule has 1 aromatic carbocycles. The Morgan fingerprint density at radius 1 is 1.48 bits per heavy atom. The monoisotopic (exact) mass is 295 g/mol. The summed E-state index contributed by atoms with van der Waals surface area (Å²) in [5.41, 5.74) is 6.51. The molecule has 114 valence electrons. The number of hydrogen-bond donors (Lipinski definition) is 1. The molecule has 1 unspecified atom stereocenters. The van der Waals surface area contributed by atoms with Crippen molar-refractivity contribution in [2.24, 2.45) is 16.6 Å². The van der Waals surface area contributed by atoms with Crippen molar-refractivity contribution in [3.8, 4) is 5.75 Å². The van der Waals surface area contributed by atoms with Crippen LogP contribution in [0.3, 0.4) is 0 Å². The minimum absolute atomic E-state index is 0.167. The number of alkyl halides is 2. The Labute approximate surface area is 122 Å². The van der Waals surface area contributed by atoms with E-state index in [-0.39, 0.29) is 5.75 Å². The second-order valence-electron chi connectivity index (χ2n) is 5.91. The maximum Gasteiger partial charge on any atom is 0.387 e. The highest BCUT2D eigenvalue weighted by Crippen LogP contribution is 2.38. The first-order valence-corrected chi connectivity index (χ1v) is 7.12. The number of nitrogens with zero attached hydrogens (tertiary/aromatic N) is 2. The van der Waals surface area contributed by atoms with Crippen LogP contribution in [-0.2, 0) is 5.54 Å². The fourth-order valence-electron chi connectivity index (χ4n) is 2.77. The van der Waals surface area contributed by atoms with Gasteiger partial charge in [0.25, 0.3) is 0 Å². The summed E-state index contributed by atoms with van der Waals surface area (Å²) in [6, 6.07) is 6.82. The van der Waals surface area contributed by atoms with Gasteiger partial charge in [-0.3, -0.25) is 4.99 Å². The number of ether oxygens (including phenoxy) is 1. The zero-order valence-electron chi connectivity index (χ0n) is 11.9. The number of rotatable bonds is 5. The van der Waals surface area contributed by atoms with Gasteiger partial charge in [-0.15, -0.1) is 0 Å². The SMILES string of the molecule is CC1(c2cccc(OC(F)F)c2)CN=C(N)N1CC1CC1. The van der Waals surface area contributed by atoms with E-state index in [9.17, 15) is 8.78 Å². The van der Waals surface area contributed by atoms with Gasteiger partial charge in [-0.25, -0.2) is 0 Å². The van der Waals surface area contributed by atoms with E-state index in [1.54, 1.807) is 12.1 Å². The number of halogens is 2. The van der Waals surface area contributed by atoms with E-state index in [4.69, 9.17) is 5.73 Å². The third-order valence-corrected chi connectivity index (χ3v) is 4.24. The van der Waals surface area contributed by atoms with Gasteiger partial charge >= 0.3 is 6.61 Å². The third-order valence-electron chi connectivity index (χ3n) is 4.24. The number of hydrogen-bond acceptors (Lipinski definition) is 4. The molecule has 6 heteroatoms. The molecule has 0 spiro atoms. The van der Waals surface area contributed by atoms with Crippen LogP contribution >= 0.6 is 0 Å². The van der Waals surface area contributed by atoms with Crippen molar-refractivity contribution >= 4 is 5.96 Å². The highest BCUT2D eigenvalue weighted by molar-refractivity contribution is 5.81. The molecule has 0 bridgehead atoms. The molecule has 1 atom stereocenters. The van der Waals surface area contributed by atoms with Crippen LogP contribution in [0.1, 0.15) is 25.3 Å². The summed E-state index contributed by atoms with van der Waals surface area (Å²) in [7, 11) is 0. The summed E-state index contributed by atoms with van der Waals surface area (Å²) < 4.78 is 29.2. The molecular formula is C15H19F2N3O. The minimum Gasteiger partial charge on any atom is -0.435 e. The maximum absolute atomic E-state index is 12.4. The summed E-state index contributed by atoms with van der Waals surface area (Å²) in [5, 5.41) is 0. The zero-order valence-corrected chi connectivity index (χ0v) is 11.9. The summed E-state index contributed by atoms with van der Waals surface area (Å²) >= 11 is 0. The van der Waals surface area contributed by atoms with Crippen molar-refractivity contribution in [2.45, 2.75) is 31.9 Å². The largest absolute Gasteiger partial charge is 0.435 e. The van der Waals surface area contributed by atoms with Crippen LogP contribution in [0.5, 0.6) is 5.75 Å². The second-order valence-corrected chi connectivity index (χ2v) is 5.91. The lowest BCUT2D eigenvalue weighted by molar-refractivity contribution is -0.0499. The van der Waals surface area contributed by atoms with Crippen molar-refractivity contribution in [3.05, 3.63) is 29.8 Å². The summed E-state index contributed by atoms with van der Waals surface area (Å²) in [5.74, 6) is 1.36. The van der Waals surface area contributed by atoms with E-state index in [0.717, 1.165) is 12.1 Å². The van der Waals surface area contributed by atoms with Gasteiger partial charge in [0.2, 0.25) is 0 Å². The Balaban J connectivity index is 1.86. The van der Waals surface area contributed by atoms with Crippen LogP contribution in [0.2, 0.25) is 0 Å². The zero-order chi connectivity index (χ0) is 15.0. The average molecular weight is 295 g/mol. The standard InChI is InChI=1S/C15H19F2N3O/c1-15(9-19-14(18)20(15)8-10-5-6-10)11-3-2-4-12(7-11)21-13(16)17/h2-4,7,10,13H,5-6,8-9H2,1H3,(H2,18,19). The molecule has 0 aromatic heterocycles. The molecule has 4 nitrogen and oxygen atoms in total. The van der Waals surface area contributed by atoms with Gasteiger partial charge in [-0.1, -0.05) is 12.1 Å². The van der Waals surface area contributed by atoms with E-state index in [0.29, 0.717) is 18.4 Å². The number of aliphatic imine (C=N–C) groups is 1. The summed E-state index contributed by atoms with van der Waals surface area (Å²) in [6.45, 7) is 0.621. The Morgan fingerprint density at radius 3 is 2.90 bits per heavy atom. The van der Waals surface area contributed by atoms with E-state index in [2.05, 4.69) is 14.6 Å². The van der Waals surface area contributed by atoms with Gasteiger partial charge in [0.1, 0.15) is 5.75 Å². The predicted molar refractivity (Wildman–Crippen MR) is 76.3 cm³/mol. The van der Waals surface area contributed by atoms with Crippen LogP contribution in [0.4, 0.5) is 8.78 Å². The summed E-state index contributed by atoms with van der Waals surface area (Å²) in [6.07, 6.45) is 2.43. The fraction of sp³-hybridized carbons (Fsp3) is 0.533. The molecule has 3 rings (SSSR count). The quantitative estimate of drug-likeness (QED) is 0.908. The number of benzene rings is 1. The molecule has 0 amide bonds. The molecule has 2 N–H and O–H groups in total. The van der Waals surface area contributed by atoms with Crippen molar-refractivity contribution in [1.82, 2.24) is 4.90 Å². The molecule has 1 aliphatic heterocycles. The molecule has 0 radical (unpaired) electrons. The van der Waals surface area contributed by atoms with Crippen molar-refractivity contribution in [2.75, 3.05) is 13.1 Å². The van der Waals surface area contributed by atoms with Crippen molar-refractivity contribution in [3.63, 3.8) is 0 Å². The van der Waals surface area contributed by atoms with E-state index >= 15 is 0 Å². The first-order valence-electron chi connectivity index (χ1n) is 7.12. The van der Waals surface area contributed by atoms with E-state index < -0.39 is 12.2 Å². The smallest absolute Gasteiger partial charge is 0.387 e. The van der Waals surface area contributed by atoms with Crippen LogP contribution < -0.4 is 10.5 Å². The highest BCUT2D eigenvalue weighted by Gasteiger charge is 2.42. The first-order chi connectivity index (χ1) is 9.99. The van der Waals surface area contributed by atoms with Gasteiger partial charge in [-0.2, -0.15) is 8.78 Å². The second kappa shape index (κ2) is 5.16. The van der Waals surface area contributed by atoms with Gasteiger partial charge in [0.15, 0.2) is 5.96 Å². The van der Waals surface area contributed by atoms with Crippen LogP contribution in [0.15, 0.2) is 29.3 Å². The van der Waals surface area contributed by atoms with Crippen LogP contribution in [0.25, 0.3) is 0 Å².